The van der Waals surface area contributed by atoms with Crippen LogP contribution in [0.5, 0.6) is 5.75 Å². The zero-order valence-electron chi connectivity index (χ0n) is 12.1. The topological polar surface area (TPSA) is 39.1 Å². The van der Waals surface area contributed by atoms with Gasteiger partial charge < -0.3 is 14.6 Å². The summed E-state index contributed by atoms with van der Waals surface area (Å²) >= 11 is 6.10. The van der Waals surface area contributed by atoms with Gasteiger partial charge in [0.2, 0.25) is 0 Å². The number of nitrogens with zero attached hydrogens (tertiary/aromatic N) is 2. The maximum absolute atomic E-state index is 6.10. The Kier molecular flexibility index (Phi) is 5.04. The van der Waals surface area contributed by atoms with Gasteiger partial charge in [0.1, 0.15) is 11.6 Å². The third kappa shape index (κ3) is 3.32. The molecule has 0 saturated carbocycles. The number of methoxy groups -OCH3 is 1. The van der Waals surface area contributed by atoms with Crippen molar-refractivity contribution in [3.63, 3.8) is 0 Å². The highest BCUT2D eigenvalue weighted by atomic mass is 35.5. The number of hydrogen-bond donors (Lipinski definition) is 1. The van der Waals surface area contributed by atoms with Crippen molar-refractivity contribution in [2.75, 3.05) is 14.2 Å². The number of aryl methyl sites for hydroxylation is 2. The molecule has 0 radical (unpaired) electrons. The van der Waals surface area contributed by atoms with Gasteiger partial charge in [-0.1, -0.05) is 11.6 Å². The number of ether oxygens (including phenoxy) is 1. The van der Waals surface area contributed by atoms with Gasteiger partial charge in [-0.05, 0) is 31.7 Å². The van der Waals surface area contributed by atoms with E-state index in [9.17, 15) is 0 Å². The lowest BCUT2D eigenvalue weighted by atomic mass is 10.0. The summed E-state index contributed by atoms with van der Waals surface area (Å²) in [5.74, 6) is 1.93. The Bertz CT molecular complexity index is 568. The first-order valence-electron chi connectivity index (χ1n) is 6.62. The van der Waals surface area contributed by atoms with Crippen LogP contribution in [0.4, 0.5) is 0 Å². The van der Waals surface area contributed by atoms with Crippen molar-refractivity contribution >= 4 is 11.6 Å². The second-order valence-corrected chi connectivity index (χ2v) is 5.16. The zero-order chi connectivity index (χ0) is 14.5. The molecule has 0 fully saturated rings. The molecule has 2 aromatic rings. The summed E-state index contributed by atoms with van der Waals surface area (Å²) in [5.41, 5.74) is 1.08. The molecule has 4 nitrogen and oxygen atoms in total. The van der Waals surface area contributed by atoms with Gasteiger partial charge in [0.05, 0.1) is 7.11 Å². The molecule has 20 heavy (non-hydrogen) atoms. The van der Waals surface area contributed by atoms with Crippen molar-refractivity contribution in [2.24, 2.45) is 7.05 Å². The SMILES string of the molecule is CNC(CCc1nccn1C)c1cc(Cl)ccc1OC. The second-order valence-electron chi connectivity index (χ2n) is 4.72. The van der Waals surface area contributed by atoms with Crippen LogP contribution in [0.1, 0.15) is 23.9 Å². The van der Waals surface area contributed by atoms with Crippen molar-refractivity contribution in [3.8, 4) is 5.75 Å². The minimum absolute atomic E-state index is 0.181. The molecular weight excluding hydrogens is 274 g/mol. The molecule has 0 spiro atoms. The molecule has 1 unspecified atom stereocenters. The summed E-state index contributed by atoms with van der Waals surface area (Å²) < 4.78 is 7.47. The normalized spacial score (nSPS) is 12.4. The number of imidazole rings is 1. The Morgan fingerprint density at radius 3 is 2.85 bits per heavy atom. The standard InChI is InChI=1S/C15H20ClN3O/c1-17-13(5-7-15-18-8-9-19(15)2)12-10-11(16)4-6-14(12)20-3/h4,6,8-10,13,17H,5,7H2,1-3H3. The summed E-state index contributed by atoms with van der Waals surface area (Å²) in [6.45, 7) is 0. The molecule has 1 heterocycles. The van der Waals surface area contributed by atoms with E-state index in [0.29, 0.717) is 0 Å². The summed E-state index contributed by atoms with van der Waals surface area (Å²) in [4.78, 5) is 4.35. The fourth-order valence-electron chi connectivity index (χ4n) is 2.34. The number of hydrogen-bond acceptors (Lipinski definition) is 3. The van der Waals surface area contributed by atoms with Gasteiger partial charge in [-0.3, -0.25) is 0 Å². The summed E-state index contributed by atoms with van der Waals surface area (Å²) in [7, 11) is 5.64. The predicted octanol–water partition coefficient (Wildman–Crippen LogP) is 2.98. The average Bonchev–Trinajstić information content (AvgIpc) is 2.85. The summed E-state index contributed by atoms with van der Waals surface area (Å²) in [6.07, 6.45) is 5.61. The quantitative estimate of drug-likeness (QED) is 0.890. The predicted molar refractivity (Wildman–Crippen MR) is 81.3 cm³/mol. The lowest BCUT2D eigenvalue weighted by Crippen LogP contribution is -2.18. The number of rotatable bonds is 6. The first-order valence-corrected chi connectivity index (χ1v) is 7.00. The molecule has 108 valence electrons. The van der Waals surface area contributed by atoms with Crippen LogP contribution in [-0.4, -0.2) is 23.7 Å². The molecule has 0 aliphatic heterocycles. The fourth-order valence-corrected chi connectivity index (χ4v) is 2.52. The number of nitrogens with one attached hydrogen (secondary N) is 1. The molecule has 0 saturated heterocycles. The first-order chi connectivity index (χ1) is 9.65. The molecule has 1 aromatic carbocycles. The van der Waals surface area contributed by atoms with E-state index in [1.165, 1.54) is 0 Å². The summed E-state index contributed by atoms with van der Waals surface area (Å²) in [6, 6.07) is 5.89. The zero-order valence-corrected chi connectivity index (χ0v) is 12.8. The Morgan fingerprint density at radius 1 is 1.45 bits per heavy atom. The molecule has 0 aliphatic rings. The molecule has 2 rings (SSSR count). The number of halogens is 1. The monoisotopic (exact) mass is 293 g/mol. The molecule has 0 bridgehead atoms. The van der Waals surface area contributed by atoms with Crippen LogP contribution in [0.15, 0.2) is 30.6 Å². The molecule has 0 amide bonds. The van der Waals surface area contributed by atoms with Crippen LogP contribution >= 0.6 is 11.6 Å². The van der Waals surface area contributed by atoms with Crippen molar-refractivity contribution in [1.29, 1.82) is 0 Å². The highest BCUT2D eigenvalue weighted by Crippen LogP contribution is 2.30. The minimum atomic E-state index is 0.181. The third-order valence-corrected chi connectivity index (χ3v) is 3.73. The minimum Gasteiger partial charge on any atom is -0.496 e. The van der Waals surface area contributed by atoms with E-state index in [2.05, 4.69) is 10.3 Å². The molecule has 1 aromatic heterocycles. The number of aromatic nitrogens is 2. The lowest BCUT2D eigenvalue weighted by molar-refractivity contribution is 0.398. The molecule has 1 atom stereocenters. The molecule has 1 N–H and O–H groups in total. The average molecular weight is 294 g/mol. The van der Waals surface area contributed by atoms with Crippen LogP contribution in [0.3, 0.4) is 0 Å². The lowest BCUT2D eigenvalue weighted by Gasteiger charge is -2.19. The van der Waals surface area contributed by atoms with E-state index in [0.717, 1.165) is 35.0 Å². The van der Waals surface area contributed by atoms with E-state index >= 15 is 0 Å². The van der Waals surface area contributed by atoms with E-state index in [4.69, 9.17) is 16.3 Å². The van der Waals surface area contributed by atoms with E-state index < -0.39 is 0 Å². The van der Waals surface area contributed by atoms with Crippen LogP contribution in [0.25, 0.3) is 0 Å². The Hall–Kier alpha value is -1.52. The van der Waals surface area contributed by atoms with Crippen molar-refractivity contribution < 1.29 is 4.74 Å². The first kappa shape index (κ1) is 14.9. The second kappa shape index (κ2) is 6.77. The maximum atomic E-state index is 6.10. The van der Waals surface area contributed by atoms with Gasteiger partial charge in [0.25, 0.3) is 0 Å². The fraction of sp³-hybridized carbons (Fsp3) is 0.400. The van der Waals surface area contributed by atoms with Crippen LogP contribution in [-0.2, 0) is 13.5 Å². The summed E-state index contributed by atoms with van der Waals surface area (Å²) in [5, 5.41) is 4.05. The van der Waals surface area contributed by atoms with E-state index in [-0.39, 0.29) is 6.04 Å². The van der Waals surface area contributed by atoms with Crippen LogP contribution in [0, 0.1) is 0 Å². The van der Waals surface area contributed by atoms with Gasteiger partial charge >= 0.3 is 0 Å². The Labute approximate surface area is 124 Å². The molecular formula is C15H20ClN3O. The smallest absolute Gasteiger partial charge is 0.123 e. The van der Waals surface area contributed by atoms with E-state index in [1.807, 2.05) is 49.3 Å². The molecule has 0 aliphatic carbocycles. The maximum Gasteiger partial charge on any atom is 0.123 e. The Balaban J connectivity index is 2.16. The third-order valence-electron chi connectivity index (χ3n) is 3.49. The molecule has 5 heteroatoms. The van der Waals surface area contributed by atoms with Gasteiger partial charge in [-0.15, -0.1) is 0 Å². The van der Waals surface area contributed by atoms with Gasteiger partial charge in [-0.25, -0.2) is 4.98 Å². The Morgan fingerprint density at radius 2 is 2.25 bits per heavy atom. The highest BCUT2D eigenvalue weighted by molar-refractivity contribution is 6.30. The number of benzene rings is 1. The largest absolute Gasteiger partial charge is 0.496 e. The van der Waals surface area contributed by atoms with Crippen LogP contribution < -0.4 is 10.1 Å². The van der Waals surface area contributed by atoms with Crippen molar-refractivity contribution in [3.05, 3.63) is 47.0 Å². The highest BCUT2D eigenvalue weighted by Gasteiger charge is 2.16. The van der Waals surface area contributed by atoms with E-state index in [1.54, 1.807) is 7.11 Å². The van der Waals surface area contributed by atoms with Crippen LogP contribution in [0.2, 0.25) is 5.02 Å². The van der Waals surface area contributed by atoms with Crippen molar-refractivity contribution in [1.82, 2.24) is 14.9 Å². The van der Waals surface area contributed by atoms with Gasteiger partial charge in [0, 0.05) is 42.5 Å². The van der Waals surface area contributed by atoms with Gasteiger partial charge in [-0.2, -0.15) is 0 Å². The van der Waals surface area contributed by atoms with Crippen molar-refractivity contribution in [2.45, 2.75) is 18.9 Å². The van der Waals surface area contributed by atoms with Gasteiger partial charge in [0.15, 0.2) is 0 Å².